The van der Waals surface area contributed by atoms with Crippen molar-refractivity contribution in [2.24, 2.45) is 5.73 Å². The predicted octanol–water partition coefficient (Wildman–Crippen LogP) is -0.880. The normalized spacial score (nSPS) is 34.0. The number of carbonyl (C=O) groups is 1. The minimum atomic E-state index is -1.15. The van der Waals surface area contributed by atoms with Gasteiger partial charge in [0.05, 0.1) is 6.61 Å². The topological polar surface area (TPSA) is 123 Å². The average Bonchev–Trinajstić information content (AvgIpc) is 2.64. The van der Waals surface area contributed by atoms with Gasteiger partial charge in [-0.2, -0.15) is 0 Å². The molecule has 3 fully saturated rings. The summed E-state index contributed by atoms with van der Waals surface area (Å²) in [5.41, 5.74) is 5.39. The van der Waals surface area contributed by atoms with Crippen molar-refractivity contribution >= 4 is 5.91 Å². The fraction of sp³-hybridized carbons (Fsp3) is 0.933. The van der Waals surface area contributed by atoms with Crippen LogP contribution in [0.15, 0.2) is 0 Å². The molecule has 0 radical (unpaired) electrons. The van der Waals surface area contributed by atoms with Gasteiger partial charge in [-0.1, -0.05) is 7.43 Å². The Bertz CT molecular complexity index is 355. The third-order valence-electron chi connectivity index (χ3n) is 3.88. The second-order valence-electron chi connectivity index (χ2n) is 5.63. The van der Waals surface area contributed by atoms with Crippen LogP contribution in [0.25, 0.3) is 0 Å². The maximum Gasteiger partial charge on any atom is 0.220 e. The highest BCUT2D eigenvalue weighted by atomic mass is 16.7. The second kappa shape index (κ2) is 10.2. The molecule has 3 saturated heterocycles. The van der Waals surface area contributed by atoms with Gasteiger partial charge in [-0.25, -0.2) is 0 Å². The molecule has 0 spiro atoms. The van der Waals surface area contributed by atoms with Gasteiger partial charge < -0.3 is 35.5 Å². The minimum absolute atomic E-state index is 0. The highest BCUT2D eigenvalue weighted by Gasteiger charge is 2.46. The summed E-state index contributed by atoms with van der Waals surface area (Å²) in [7, 11) is 0. The fourth-order valence-electron chi connectivity index (χ4n) is 2.62. The Hall–Kier alpha value is -0.770. The van der Waals surface area contributed by atoms with Crippen LogP contribution >= 0.6 is 0 Å². The van der Waals surface area contributed by atoms with E-state index < -0.39 is 30.7 Å². The first-order valence-corrected chi connectivity index (χ1v) is 7.85. The molecule has 23 heavy (non-hydrogen) atoms. The van der Waals surface area contributed by atoms with Crippen molar-refractivity contribution in [3.63, 3.8) is 0 Å². The van der Waals surface area contributed by atoms with Crippen LogP contribution in [0, 0.1) is 0 Å². The van der Waals surface area contributed by atoms with E-state index in [0.717, 1.165) is 12.8 Å². The van der Waals surface area contributed by atoms with Crippen LogP contribution in [-0.2, 0) is 19.0 Å². The number of aliphatic hydroxyl groups is 2. The molecule has 5 atom stereocenters. The summed E-state index contributed by atoms with van der Waals surface area (Å²) in [6.45, 7) is 1.57. The molecule has 0 aliphatic carbocycles. The quantitative estimate of drug-likeness (QED) is 0.465. The van der Waals surface area contributed by atoms with Gasteiger partial charge in [-0.05, 0) is 25.8 Å². The van der Waals surface area contributed by atoms with E-state index >= 15 is 0 Å². The van der Waals surface area contributed by atoms with Crippen LogP contribution in [0.2, 0.25) is 0 Å². The van der Waals surface area contributed by atoms with Crippen molar-refractivity contribution in [3.05, 3.63) is 0 Å². The molecule has 8 heteroatoms. The first-order valence-electron chi connectivity index (χ1n) is 7.85. The summed E-state index contributed by atoms with van der Waals surface area (Å²) in [5, 5.41) is 22.9. The third-order valence-corrected chi connectivity index (χ3v) is 3.88. The Morgan fingerprint density at radius 2 is 1.91 bits per heavy atom. The molecule has 0 aromatic carbocycles. The first-order chi connectivity index (χ1) is 10.6. The Balaban J connectivity index is 0.00000264. The number of amides is 1. The highest BCUT2D eigenvalue weighted by molar-refractivity contribution is 5.75. The summed E-state index contributed by atoms with van der Waals surface area (Å²) in [5.74, 6) is -0.0937. The number of nitrogens with two attached hydrogens (primary N) is 1. The first kappa shape index (κ1) is 20.3. The molecule has 8 nitrogen and oxygen atoms in total. The van der Waals surface area contributed by atoms with E-state index in [0.29, 0.717) is 32.6 Å². The number of rotatable bonds is 6. The van der Waals surface area contributed by atoms with Crippen molar-refractivity contribution < 1.29 is 29.2 Å². The van der Waals surface area contributed by atoms with Gasteiger partial charge in [0.25, 0.3) is 0 Å². The van der Waals surface area contributed by atoms with Crippen LogP contribution in [0.5, 0.6) is 0 Å². The third kappa shape index (κ3) is 5.66. The van der Waals surface area contributed by atoms with E-state index in [1.165, 1.54) is 0 Å². The summed E-state index contributed by atoms with van der Waals surface area (Å²) in [6, 6.07) is 0. The van der Waals surface area contributed by atoms with Gasteiger partial charge in [0.1, 0.15) is 24.4 Å². The van der Waals surface area contributed by atoms with Gasteiger partial charge in [0.15, 0.2) is 6.29 Å². The van der Waals surface area contributed by atoms with Gasteiger partial charge >= 0.3 is 0 Å². The number of ether oxygens (including phenoxy) is 3. The van der Waals surface area contributed by atoms with Crippen molar-refractivity contribution in [2.75, 3.05) is 26.3 Å². The Morgan fingerprint density at radius 3 is 2.65 bits per heavy atom. The van der Waals surface area contributed by atoms with Gasteiger partial charge in [0.2, 0.25) is 5.91 Å². The van der Waals surface area contributed by atoms with E-state index in [2.05, 4.69) is 5.32 Å². The zero-order valence-corrected chi connectivity index (χ0v) is 12.6. The zero-order chi connectivity index (χ0) is 15.9. The van der Waals surface area contributed by atoms with Crippen LogP contribution in [0.4, 0.5) is 0 Å². The maximum absolute atomic E-state index is 11.7. The number of hydrogen-bond acceptors (Lipinski definition) is 7. The predicted molar refractivity (Wildman–Crippen MR) is 83.6 cm³/mol. The maximum atomic E-state index is 11.7. The zero-order valence-electron chi connectivity index (χ0n) is 12.6. The molecular formula is C15H30N2O6. The Morgan fingerprint density at radius 1 is 1.17 bits per heavy atom. The lowest BCUT2D eigenvalue weighted by molar-refractivity contribution is -0.292. The van der Waals surface area contributed by atoms with E-state index in [4.69, 9.17) is 19.9 Å². The molecule has 136 valence electrons. The summed E-state index contributed by atoms with van der Waals surface area (Å²) in [6.07, 6.45) is -1.78. The lowest BCUT2D eigenvalue weighted by atomic mass is 9.98. The number of aliphatic hydroxyl groups excluding tert-OH is 2. The number of hydrogen-bond donors (Lipinski definition) is 4. The lowest BCUT2D eigenvalue weighted by Gasteiger charge is -2.41. The summed E-state index contributed by atoms with van der Waals surface area (Å²) < 4.78 is 16.6. The van der Waals surface area contributed by atoms with Gasteiger partial charge in [-0.15, -0.1) is 0 Å². The Labute approximate surface area is 137 Å². The molecule has 3 aliphatic rings. The summed E-state index contributed by atoms with van der Waals surface area (Å²) >= 11 is 0. The molecule has 3 rings (SSSR count). The molecule has 3 heterocycles. The smallest absolute Gasteiger partial charge is 0.220 e. The lowest BCUT2D eigenvalue weighted by Crippen LogP contribution is -2.61. The van der Waals surface area contributed by atoms with Crippen LogP contribution in [-0.4, -0.2) is 73.1 Å². The van der Waals surface area contributed by atoms with Crippen LogP contribution < -0.4 is 11.1 Å². The number of carbonyl (C=O) groups excluding carboxylic acids is 1. The average molecular weight is 334 g/mol. The molecule has 5 N–H and O–H groups in total. The Kier molecular flexibility index (Phi) is 8.96. The highest BCUT2D eigenvalue weighted by Crippen LogP contribution is 2.25. The van der Waals surface area contributed by atoms with Crippen molar-refractivity contribution in [2.45, 2.75) is 63.8 Å². The largest absolute Gasteiger partial charge is 0.387 e. The van der Waals surface area contributed by atoms with Crippen molar-refractivity contribution in [1.82, 2.24) is 5.32 Å². The van der Waals surface area contributed by atoms with Gasteiger partial charge in [0, 0.05) is 19.6 Å². The van der Waals surface area contributed by atoms with Crippen LogP contribution in [0.3, 0.4) is 0 Å². The van der Waals surface area contributed by atoms with Crippen LogP contribution in [0.1, 0.15) is 33.1 Å². The minimum Gasteiger partial charge on any atom is -0.387 e. The SMILES string of the molecule is C.NCCCCC(=O)NCC1OC2OCCCOC1C(O)C2O. The monoisotopic (exact) mass is 334 g/mol. The molecule has 3 aliphatic heterocycles. The number of unbranched alkanes of at least 4 members (excludes halogenated alkanes) is 1. The number of nitrogens with one attached hydrogen (secondary N) is 1. The fourth-order valence-corrected chi connectivity index (χ4v) is 2.62. The number of fused-ring (bicyclic) bond motifs is 6. The van der Waals surface area contributed by atoms with Gasteiger partial charge in [-0.3, -0.25) is 4.79 Å². The van der Waals surface area contributed by atoms with E-state index in [9.17, 15) is 15.0 Å². The van der Waals surface area contributed by atoms with E-state index in [-0.39, 0.29) is 19.9 Å². The standard InChI is InChI=1S/C14H26N2O6.CH4/c15-5-2-1-4-10(17)16-8-9-13-11(18)12(19)14(22-9)21-7-3-6-20-13;/h9,11-14,18-19H,1-8,15H2,(H,16,17);1H4. The van der Waals surface area contributed by atoms with Crippen molar-refractivity contribution in [3.8, 4) is 0 Å². The molecule has 0 aromatic rings. The van der Waals surface area contributed by atoms with Crippen molar-refractivity contribution in [1.29, 1.82) is 0 Å². The molecule has 0 saturated carbocycles. The summed E-state index contributed by atoms with van der Waals surface area (Å²) in [4.78, 5) is 11.7. The molecule has 2 bridgehead atoms. The van der Waals surface area contributed by atoms with E-state index in [1.54, 1.807) is 0 Å². The molecule has 1 amide bonds. The second-order valence-corrected chi connectivity index (χ2v) is 5.63. The molecular weight excluding hydrogens is 304 g/mol. The molecule has 5 unspecified atom stereocenters. The molecule has 0 aromatic heterocycles. The van der Waals surface area contributed by atoms with E-state index in [1.807, 2.05) is 0 Å².